The third-order valence-electron chi connectivity index (χ3n) is 4.07. The molecule has 102 valence electrons. The minimum absolute atomic E-state index is 0.325. The maximum absolute atomic E-state index is 8.85. The van der Waals surface area contributed by atoms with E-state index in [0.717, 1.165) is 25.3 Å². The molecule has 0 spiro atoms. The summed E-state index contributed by atoms with van der Waals surface area (Å²) in [5, 5.41) is 12.5. The highest BCUT2D eigenvalue weighted by molar-refractivity contribution is 4.72. The Labute approximate surface area is 107 Å². The minimum Gasteiger partial charge on any atom is -0.396 e. The predicted octanol–water partition coefficient (Wildman–Crippen LogP) is 3.35. The second-order valence-corrected chi connectivity index (χ2v) is 6.46. The molecule has 1 rings (SSSR count). The predicted molar refractivity (Wildman–Crippen MR) is 74.2 cm³/mol. The van der Waals surface area contributed by atoms with Crippen molar-refractivity contribution in [2.45, 2.75) is 65.2 Å². The van der Waals surface area contributed by atoms with Crippen molar-refractivity contribution in [3.05, 3.63) is 0 Å². The Hall–Kier alpha value is -0.0800. The molecule has 0 bridgehead atoms. The monoisotopic (exact) mass is 241 g/mol. The van der Waals surface area contributed by atoms with Crippen LogP contribution in [0.4, 0.5) is 0 Å². The van der Waals surface area contributed by atoms with Crippen molar-refractivity contribution in [2.75, 3.05) is 19.7 Å². The van der Waals surface area contributed by atoms with Gasteiger partial charge in [0.05, 0.1) is 0 Å². The van der Waals surface area contributed by atoms with Gasteiger partial charge in [0.25, 0.3) is 0 Å². The van der Waals surface area contributed by atoms with Crippen molar-refractivity contribution in [1.82, 2.24) is 5.32 Å². The molecular formula is C15H31NO. The van der Waals surface area contributed by atoms with E-state index < -0.39 is 0 Å². The summed E-state index contributed by atoms with van der Waals surface area (Å²) in [5.74, 6) is 0.983. The van der Waals surface area contributed by atoms with Crippen LogP contribution in [0.15, 0.2) is 0 Å². The van der Waals surface area contributed by atoms with Crippen LogP contribution < -0.4 is 5.32 Å². The lowest BCUT2D eigenvalue weighted by molar-refractivity contribution is 0.234. The number of aliphatic hydroxyl groups is 1. The molecule has 0 aromatic carbocycles. The van der Waals surface area contributed by atoms with E-state index >= 15 is 0 Å². The van der Waals surface area contributed by atoms with Gasteiger partial charge in [-0.1, -0.05) is 46.0 Å². The number of hydrogen-bond donors (Lipinski definition) is 2. The number of hydrogen-bond acceptors (Lipinski definition) is 2. The number of nitrogens with one attached hydrogen (secondary N) is 1. The molecule has 0 heterocycles. The summed E-state index contributed by atoms with van der Waals surface area (Å²) in [6, 6.07) is 0. The molecule has 17 heavy (non-hydrogen) atoms. The van der Waals surface area contributed by atoms with Crippen LogP contribution in [-0.4, -0.2) is 24.8 Å². The summed E-state index contributed by atoms with van der Waals surface area (Å²) in [6.07, 6.45) is 10.7. The van der Waals surface area contributed by atoms with Gasteiger partial charge in [-0.15, -0.1) is 0 Å². The number of aliphatic hydroxyl groups excluding tert-OH is 1. The van der Waals surface area contributed by atoms with Gasteiger partial charge in [0.15, 0.2) is 0 Å². The molecule has 0 aromatic rings. The van der Waals surface area contributed by atoms with Crippen molar-refractivity contribution in [3.8, 4) is 0 Å². The van der Waals surface area contributed by atoms with E-state index in [2.05, 4.69) is 19.2 Å². The van der Waals surface area contributed by atoms with Crippen molar-refractivity contribution in [3.63, 3.8) is 0 Å². The van der Waals surface area contributed by atoms with Crippen molar-refractivity contribution >= 4 is 0 Å². The van der Waals surface area contributed by atoms with E-state index in [1.54, 1.807) is 0 Å². The molecule has 0 atom stereocenters. The van der Waals surface area contributed by atoms with Gasteiger partial charge < -0.3 is 10.4 Å². The molecule has 0 unspecified atom stereocenters. The highest BCUT2D eigenvalue weighted by atomic mass is 16.2. The summed E-state index contributed by atoms with van der Waals surface area (Å²) < 4.78 is 0. The van der Waals surface area contributed by atoms with E-state index in [1.165, 1.54) is 45.1 Å². The fraction of sp³-hybridized carbons (Fsp3) is 1.00. The Morgan fingerprint density at radius 1 is 1.18 bits per heavy atom. The zero-order valence-electron chi connectivity index (χ0n) is 11.8. The van der Waals surface area contributed by atoms with Crippen LogP contribution in [0, 0.1) is 11.3 Å². The summed E-state index contributed by atoms with van der Waals surface area (Å²) >= 11 is 0. The minimum atomic E-state index is 0.325. The van der Waals surface area contributed by atoms with Crippen LogP contribution in [0.2, 0.25) is 0 Å². The lowest BCUT2D eigenvalue weighted by atomic mass is 9.86. The van der Waals surface area contributed by atoms with E-state index in [1.807, 2.05) is 0 Å². The highest BCUT2D eigenvalue weighted by Gasteiger charge is 2.17. The maximum Gasteiger partial charge on any atom is 0.0431 e. The molecule has 1 saturated carbocycles. The molecule has 0 aliphatic heterocycles. The molecule has 1 aliphatic rings. The van der Waals surface area contributed by atoms with E-state index in [4.69, 9.17) is 5.11 Å². The van der Waals surface area contributed by atoms with Gasteiger partial charge in [-0.05, 0) is 37.1 Å². The van der Waals surface area contributed by atoms with Crippen molar-refractivity contribution in [2.24, 2.45) is 11.3 Å². The van der Waals surface area contributed by atoms with Crippen LogP contribution in [0.25, 0.3) is 0 Å². The molecule has 1 fully saturated rings. The lowest BCUT2D eigenvalue weighted by Gasteiger charge is -2.26. The summed E-state index contributed by atoms with van der Waals surface area (Å²) in [6.45, 7) is 7.16. The van der Waals surface area contributed by atoms with Gasteiger partial charge in [-0.2, -0.15) is 0 Å². The van der Waals surface area contributed by atoms with Crippen LogP contribution in [-0.2, 0) is 0 Å². The topological polar surface area (TPSA) is 32.3 Å². The Morgan fingerprint density at radius 3 is 2.53 bits per heavy atom. The largest absolute Gasteiger partial charge is 0.396 e. The van der Waals surface area contributed by atoms with Crippen LogP contribution in [0.3, 0.4) is 0 Å². The Balaban J connectivity index is 2.02. The zero-order chi connectivity index (χ0) is 12.6. The molecular weight excluding hydrogens is 210 g/mol. The molecule has 0 aromatic heterocycles. The van der Waals surface area contributed by atoms with E-state index in [-0.39, 0.29) is 0 Å². The molecule has 0 amide bonds. The first-order valence-corrected chi connectivity index (χ1v) is 7.46. The first-order valence-electron chi connectivity index (χ1n) is 7.46. The lowest BCUT2D eigenvalue weighted by Crippen LogP contribution is -2.31. The average Bonchev–Trinajstić information content (AvgIpc) is 2.34. The van der Waals surface area contributed by atoms with E-state index in [0.29, 0.717) is 12.0 Å². The normalized spacial score (nSPS) is 18.5. The second-order valence-electron chi connectivity index (χ2n) is 6.46. The summed E-state index contributed by atoms with van der Waals surface area (Å²) in [5.41, 5.74) is 0.329. The summed E-state index contributed by atoms with van der Waals surface area (Å²) in [4.78, 5) is 0. The Morgan fingerprint density at radius 2 is 1.88 bits per heavy atom. The Bertz CT molecular complexity index is 185. The average molecular weight is 241 g/mol. The van der Waals surface area contributed by atoms with Crippen LogP contribution in [0.1, 0.15) is 65.2 Å². The highest BCUT2D eigenvalue weighted by Crippen LogP contribution is 2.26. The first-order chi connectivity index (χ1) is 8.14. The molecule has 0 saturated heterocycles. The van der Waals surface area contributed by atoms with Crippen molar-refractivity contribution < 1.29 is 5.11 Å². The van der Waals surface area contributed by atoms with Crippen molar-refractivity contribution in [1.29, 1.82) is 0 Å². The fourth-order valence-electron chi connectivity index (χ4n) is 2.85. The third-order valence-corrected chi connectivity index (χ3v) is 4.07. The van der Waals surface area contributed by atoms with Gasteiger partial charge in [0.1, 0.15) is 0 Å². The SMILES string of the molecule is CC(C)(CCCO)CNCCC1CCCCC1. The van der Waals surface area contributed by atoms with Gasteiger partial charge in [0, 0.05) is 13.2 Å². The second kappa shape index (κ2) is 8.10. The van der Waals surface area contributed by atoms with Crippen LogP contribution >= 0.6 is 0 Å². The van der Waals surface area contributed by atoms with Gasteiger partial charge in [-0.3, -0.25) is 0 Å². The van der Waals surface area contributed by atoms with Gasteiger partial charge >= 0.3 is 0 Å². The maximum atomic E-state index is 8.85. The van der Waals surface area contributed by atoms with Crippen LogP contribution in [0.5, 0.6) is 0 Å². The molecule has 2 N–H and O–H groups in total. The van der Waals surface area contributed by atoms with Gasteiger partial charge in [-0.25, -0.2) is 0 Å². The molecule has 2 nitrogen and oxygen atoms in total. The molecule has 1 aliphatic carbocycles. The van der Waals surface area contributed by atoms with E-state index in [9.17, 15) is 0 Å². The van der Waals surface area contributed by atoms with Gasteiger partial charge in [0.2, 0.25) is 0 Å². The fourth-order valence-corrected chi connectivity index (χ4v) is 2.85. The number of rotatable bonds is 8. The third kappa shape index (κ3) is 7.05. The quantitative estimate of drug-likeness (QED) is 0.639. The Kier molecular flexibility index (Phi) is 7.14. The molecule has 0 radical (unpaired) electrons. The first kappa shape index (κ1) is 15.0. The summed E-state index contributed by atoms with van der Waals surface area (Å²) in [7, 11) is 0. The smallest absolute Gasteiger partial charge is 0.0431 e. The molecule has 2 heteroatoms. The standard InChI is InChI=1S/C15H31NO/c1-15(2,10-6-12-17)13-16-11-9-14-7-4-3-5-8-14/h14,16-17H,3-13H2,1-2H3. The zero-order valence-corrected chi connectivity index (χ0v) is 11.8.